The van der Waals surface area contributed by atoms with Crippen molar-refractivity contribution in [2.24, 2.45) is 0 Å². The number of H-pyrrole nitrogens is 1. The molecule has 0 saturated carbocycles. The molecular formula is C17H15N3O3. The third-order valence-corrected chi connectivity index (χ3v) is 5.05. The lowest BCUT2D eigenvalue weighted by atomic mass is 9.84. The fourth-order valence-corrected chi connectivity index (χ4v) is 3.92. The summed E-state index contributed by atoms with van der Waals surface area (Å²) in [6, 6.07) is 7.55. The monoisotopic (exact) mass is 309 g/mol. The molecular weight excluding hydrogens is 294 g/mol. The van der Waals surface area contributed by atoms with Crippen LogP contribution in [0.25, 0.3) is 22.2 Å². The van der Waals surface area contributed by atoms with Gasteiger partial charge in [-0.3, -0.25) is 0 Å². The van der Waals surface area contributed by atoms with Crippen molar-refractivity contribution in [3.8, 4) is 11.3 Å². The van der Waals surface area contributed by atoms with Crippen LogP contribution in [0.15, 0.2) is 28.8 Å². The van der Waals surface area contributed by atoms with Crippen molar-refractivity contribution in [2.45, 2.75) is 18.8 Å². The van der Waals surface area contributed by atoms with Gasteiger partial charge in [-0.25, -0.2) is 4.79 Å². The number of piperidine rings is 1. The van der Waals surface area contributed by atoms with Crippen molar-refractivity contribution in [3.05, 3.63) is 35.6 Å². The van der Waals surface area contributed by atoms with E-state index in [1.54, 1.807) is 0 Å². The van der Waals surface area contributed by atoms with E-state index in [1.807, 2.05) is 12.1 Å². The highest BCUT2D eigenvalue weighted by molar-refractivity contribution is 5.94. The first-order chi connectivity index (χ1) is 11.2. The Morgan fingerprint density at radius 1 is 1.30 bits per heavy atom. The molecule has 23 heavy (non-hydrogen) atoms. The number of anilines is 1. The number of carboxylic acid groups (broad SMARTS) is 1. The van der Waals surface area contributed by atoms with E-state index in [4.69, 9.17) is 9.63 Å². The average Bonchev–Trinajstić information content (AvgIpc) is 3.21. The van der Waals surface area contributed by atoms with Gasteiger partial charge >= 0.3 is 5.97 Å². The first-order valence-electron chi connectivity index (χ1n) is 7.81. The van der Waals surface area contributed by atoms with Gasteiger partial charge in [-0.2, -0.15) is 0 Å². The molecule has 1 aromatic carbocycles. The van der Waals surface area contributed by atoms with Crippen molar-refractivity contribution in [3.63, 3.8) is 0 Å². The van der Waals surface area contributed by atoms with E-state index in [1.165, 1.54) is 35.7 Å². The average molecular weight is 309 g/mol. The lowest BCUT2D eigenvalue weighted by Gasteiger charge is -2.40. The summed E-state index contributed by atoms with van der Waals surface area (Å²) in [4.78, 5) is 16.9. The zero-order valence-corrected chi connectivity index (χ0v) is 12.4. The van der Waals surface area contributed by atoms with Crippen molar-refractivity contribution in [2.75, 3.05) is 18.0 Å². The third-order valence-electron chi connectivity index (χ3n) is 5.05. The van der Waals surface area contributed by atoms with Crippen molar-refractivity contribution in [1.29, 1.82) is 0 Å². The Morgan fingerprint density at radius 2 is 2.13 bits per heavy atom. The topological polar surface area (TPSA) is 82.4 Å². The van der Waals surface area contributed by atoms with Crippen LogP contribution >= 0.6 is 0 Å². The Labute approximate surface area is 131 Å². The van der Waals surface area contributed by atoms with Crippen molar-refractivity contribution in [1.82, 2.24) is 10.1 Å². The summed E-state index contributed by atoms with van der Waals surface area (Å²) in [5, 5.41) is 14.1. The molecule has 0 amide bonds. The van der Waals surface area contributed by atoms with E-state index in [0.717, 1.165) is 24.2 Å². The molecule has 116 valence electrons. The minimum Gasteiger partial charge on any atom is -0.475 e. The predicted molar refractivity (Wildman–Crippen MR) is 84.9 cm³/mol. The minimum atomic E-state index is -1.10. The van der Waals surface area contributed by atoms with E-state index in [0.29, 0.717) is 11.6 Å². The second-order valence-electron chi connectivity index (χ2n) is 6.29. The molecule has 6 heteroatoms. The molecule has 3 aliphatic heterocycles. The van der Waals surface area contributed by atoms with Gasteiger partial charge in [-0.05, 0) is 30.9 Å². The number of hydrogen-bond acceptors (Lipinski definition) is 4. The molecule has 2 N–H and O–H groups in total. The number of nitrogens with one attached hydrogen (secondary N) is 1. The lowest BCUT2D eigenvalue weighted by Crippen LogP contribution is -2.38. The number of rotatable bonds is 2. The summed E-state index contributed by atoms with van der Waals surface area (Å²) in [5.74, 6) is 0.632. The highest BCUT2D eigenvalue weighted by Gasteiger charge is 2.33. The molecule has 0 atom stereocenters. The van der Waals surface area contributed by atoms with Crippen LogP contribution in [0.1, 0.15) is 34.9 Å². The summed E-state index contributed by atoms with van der Waals surface area (Å²) in [7, 11) is 0. The smallest absolute Gasteiger partial charge is 0.374 e. The van der Waals surface area contributed by atoms with E-state index < -0.39 is 5.97 Å². The van der Waals surface area contributed by atoms with Crippen LogP contribution in [-0.2, 0) is 0 Å². The summed E-state index contributed by atoms with van der Waals surface area (Å²) in [6.45, 7) is 2.26. The quantitative estimate of drug-likeness (QED) is 0.759. The van der Waals surface area contributed by atoms with Crippen LogP contribution in [0.4, 0.5) is 5.82 Å². The number of carbonyl (C=O) groups is 1. The molecule has 6 rings (SSSR count). The maximum absolute atomic E-state index is 11.0. The largest absolute Gasteiger partial charge is 0.475 e. The molecule has 0 aliphatic carbocycles. The molecule has 6 nitrogen and oxygen atoms in total. The molecule has 1 fully saturated rings. The van der Waals surface area contributed by atoms with Crippen LogP contribution in [0.2, 0.25) is 0 Å². The summed E-state index contributed by atoms with van der Waals surface area (Å²) >= 11 is 0. The van der Waals surface area contributed by atoms with Gasteiger partial charge in [-0.15, -0.1) is 0 Å². The number of fused-ring (bicyclic) bond motifs is 3. The Balaban J connectivity index is 1.67. The zero-order chi connectivity index (χ0) is 15.6. The van der Waals surface area contributed by atoms with Gasteiger partial charge < -0.3 is 19.5 Å². The Kier molecular flexibility index (Phi) is 2.43. The zero-order valence-electron chi connectivity index (χ0n) is 12.4. The van der Waals surface area contributed by atoms with E-state index in [-0.39, 0.29) is 5.76 Å². The standard InChI is InChI=1S/C17H15N3O3/c21-17(22)14-8-13(19-23-14)10-1-2-12-11(7-10)15-9-3-5-20(6-4-9)16(15)18-12/h1-2,7-9,18H,3-6H2,(H,21,22). The Morgan fingerprint density at radius 3 is 2.87 bits per heavy atom. The van der Waals surface area contributed by atoms with Gasteiger partial charge in [0.25, 0.3) is 0 Å². The van der Waals surface area contributed by atoms with E-state index in [2.05, 4.69) is 21.1 Å². The van der Waals surface area contributed by atoms with Gasteiger partial charge in [0.15, 0.2) is 0 Å². The predicted octanol–water partition coefficient (Wildman–Crippen LogP) is 3.22. The number of aromatic carboxylic acids is 1. The maximum atomic E-state index is 11.0. The van der Waals surface area contributed by atoms with Crippen LogP contribution in [-0.4, -0.2) is 34.3 Å². The van der Waals surface area contributed by atoms with Crippen molar-refractivity contribution < 1.29 is 14.4 Å². The van der Waals surface area contributed by atoms with Crippen LogP contribution in [0, 0.1) is 0 Å². The van der Waals surface area contributed by atoms with Crippen LogP contribution in [0.5, 0.6) is 0 Å². The number of nitrogens with zero attached hydrogens (tertiary/aromatic N) is 2. The molecule has 3 aromatic rings. The number of carboxylic acids is 1. The second kappa shape index (κ2) is 4.38. The van der Waals surface area contributed by atoms with Gasteiger partial charge in [0, 0.05) is 41.2 Å². The van der Waals surface area contributed by atoms with Gasteiger partial charge in [-0.1, -0.05) is 11.2 Å². The lowest BCUT2D eigenvalue weighted by molar-refractivity contribution is 0.0652. The van der Waals surface area contributed by atoms with Gasteiger partial charge in [0.2, 0.25) is 5.76 Å². The highest BCUT2D eigenvalue weighted by Crippen LogP contribution is 2.46. The first-order valence-corrected chi connectivity index (χ1v) is 7.81. The van der Waals surface area contributed by atoms with Crippen LogP contribution < -0.4 is 4.90 Å². The SMILES string of the molecule is O=C(O)c1cc(-c2ccc3[nH]c4c(c3c2)C2CCN4CC2)no1. The van der Waals surface area contributed by atoms with E-state index in [9.17, 15) is 4.79 Å². The molecule has 0 radical (unpaired) electrons. The number of aromatic nitrogens is 2. The normalized spacial score (nSPS) is 17.0. The molecule has 0 spiro atoms. The first kappa shape index (κ1) is 12.8. The second-order valence-corrected chi connectivity index (χ2v) is 6.29. The molecule has 2 bridgehead atoms. The van der Waals surface area contributed by atoms with E-state index >= 15 is 0 Å². The fraction of sp³-hybridized carbons (Fsp3) is 0.294. The summed E-state index contributed by atoms with van der Waals surface area (Å²) in [5.41, 5.74) is 3.97. The number of aromatic amines is 1. The Hall–Kier alpha value is -2.76. The summed E-state index contributed by atoms with van der Waals surface area (Å²) in [6.07, 6.45) is 2.41. The number of hydrogen-bond donors (Lipinski definition) is 2. The minimum absolute atomic E-state index is 0.138. The van der Waals surface area contributed by atoms with Gasteiger partial charge in [0.05, 0.1) is 0 Å². The molecule has 2 aromatic heterocycles. The van der Waals surface area contributed by atoms with Crippen molar-refractivity contribution >= 4 is 22.7 Å². The van der Waals surface area contributed by atoms with Crippen LogP contribution in [0.3, 0.4) is 0 Å². The molecule has 0 unspecified atom stereocenters. The number of benzene rings is 1. The molecule has 3 aliphatic rings. The molecule has 5 heterocycles. The Bertz CT molecular complexity index is 932. The third kappa shape index (κ3) is 1.75. The fourth-order valence-electron chi connectivity index (χ4n) is 3.92. The highest BCUT2D eigenvalue weighted by atomic mass is 16.5. The summed E-state index contributed by atoms with van der Waals surface area (Å²) < 4.78 is 4.87. The van der Waals surface area contributed by atoms with Gasteiger partial charge in [0.1, 0.15) is 11.5 Å². The maximum Gasteiger partial charge on any atom is 0.374 e. The molecule has 1 saturated heterocycles.